The van der Waals surface area contributed by atoms with E-state index in [1.54, 1.807) is 17.9 Å². The van der Waals surface area contributed by atoms with Crippen molar-refractivity contribution in [1.29, 1.82) is 5.26 Å². The van der Waals surface area contributed by atoms with Gasteiger partial charge in [0.1, 0.15) is 17.7 Å². The van der Waals surface area contributed by atoms with E-state index in [4.69, 9.17) is 16.9 Å². The number of hydrogen-bond acceptors (Lipinski definition) is 6. The summed E-state index contributed by atoms with van der Waals surface area (Å²) in [5.74, 6) is 1.80. The van der Waals surface area contributed by atoms with Gasteiger partial charge >= 0.3 is 0 Å². The lowest BCUT2D eigenvalue weighted by molar-refractivity contribution is 0.944. The van der Waals surface area contributed by atoms with Crippen LogP contribution in [0, 0.1) is 18.3 Å². The number of aromatic nitrogens is 4. The van der Waals surface area contributed by atoms with E-state index in [9.17, 15) is 0 Å². The molecular formula is C12H14ClN7. The molecule has 0 unspecified atom stereocenters. The van der Waals surface area contributed by atoms with E-state index in [2.05, 4.69) is 25.5 Å². The minimum absolute atomic E-state index is 0.402. The molecule has 20 heavy (non-hydrogen) atoms. The van der Waals surface area contributed by atoms with E-state index in [1.807, 2.05) is 20.2 Å². The van der Waals surface area contributed by atoms with Crippen LogP contribution in [-0.4, -0.2) is 34.3 Å². The number of aromatic amines is 1. The predicted octanol–water partition coefficient (Wildman–Crippen LogP) is 1.71. The van der Waals surface area contributed by atoms with Gasteiger partial charge in [-0.3, -0.25) is 5.10 Å². The third-order valence-electron chi connectivity index (χ3n) is 2.63. The van der Waals surface area contributed by atoms with E-state index in [0.717, 1.165) is 0 Å². The second-order valence-corrected chi connectivity index (χ2v) is 4.80. The average Bonchev–Trinajstić information content (AvgIpc) is 2.88. The Morgan fingerprint density at radius 3 is 2.80 bits per heavy atom. The molecule has 2 aromatic heterocycles. The van der Waals surface area contributed by atoms with Gasteiger partial charge in [-0.1, -0.05) is 11.6 Å². The van der Waals surface area contributed by atoms with E-state index in [1.165, 1.54) is 0 Å². The van der Waals surface area contributed by atoms with Gasteiger partial charge < -0.3 is 10.2 Å². The van der Waals surface area contributed by atoms with Crippen molar-refractivity contribution < 1.29 is 0 Å². The Morgan fingerprint density at radius 2 is 2.20 bits per heavy atom. The molecular weight excluding hydrogens is 278 g/mol. The molecule has 2 rings (SSSR count). The summed E-state index contributed by atoms with van der Waals surface area (Å²) in [4.78, 5) is 10.3. The van der Waals surface area contributed by atoms with Crippen molar-refractivity contribution >= 4 is 23.4 Å². The summed E-state index contributed by atoms with van der Waals surface area (Å²) in [6.45, 7) is 2.18. The molecule has 104 valence electrons. The van der Waals surface area contributed by atoms with Crippen LogP contribution in [0.25, 0.3) is 0 Å². The zero-order valence-corrected chi connectivity index (χ0v) is 12.2. The van der Waals surface area contributed by atoms with Crippen LogP contribution in [0.15, 0.2) is 6.07 Å². The monoisotopic (exact) mass is 291 g/mol. The number of aryl methyl sites for hydroxylation is 1. The normalized spacial score (nSPS) is 10.2. The largest absolute Gasteiger partial charge is 0.362 e. The molecule has 0 amide bonds. The van der Waals surface area contributed by atoms with Crippen LogP contribution < -0.4 is 10.2 Å². The lowest BCUT2D eigenvalue weighted by atomic mass is 10.2. The standard InChI is InChI=1S/C12H14ClN7/c1-7-8(5-14)4-9(13)11(16-7)15-6-10-17-12(19-18-10)20(2)3/h4H,6H2,1-3H3,(H,15,16)(H,17,18,19). The molecule has 0 aliphatic heterocycles. The highest BCUT2D eigenvalue weighted by atomic mass is 35.5. The number of H-pyrrole nitrogens is 1. The van der Waals surface area contributed by atoms with Gasteiger partial charge in [-0.25, -0.2) is 4.98 Å². The van der Waals surface area contributed by atoms with Gasteiger partial charge in [0.25, 0.3) is 0 Å². The first kappa shape index (κ1) is 14.1. The van der Waals surface area contributed by atoms with E-state index < -0.39 is 0 Å². The predicted molar refractivity (Wildman–Crippen MR) is 76.7 cm³/mol. The summed E-state index contributed by atoms with van der Waals surface area (Å²) < 4.78 is 0. The number of nitrogens with one attached hydrogen (secondary N) is 2. The van der Waals surface area contributed by atoms with Gasteiger partial charge in [0, 0.05) is 14.1 Å². The first-order valence-electron chi connectivity index (χ1n) is 5.91. The summed E-state index contributed by atoms with van der Waals surface area (Å²) in [6.07, 6.45) is 0. The summed E-state index contributed by atoms with van der Waals surface area (Å²) in [5.41, 5.74) is 1.10. The van der Waals surface area contributed by atoms with Gasteiger partial charge in [-0.15, -0.1) is 5.10 Å². The molecule has 2 aromatic rings. The van der Waals surface area contributed by atoms with Crippen LogP contribution in [0.4, 0.5) is 11.8 Å². The Morgan fingerprint density at radius 1 is 1.45 bits per heavy atom. The van der Waals surface area contributed by atoms with E-state index >= 15 is 0 Å². The number of nitriles is 1. The smallest absolute Gasteiger partial charge is 0.244 e. The number of rotatable bonds is 4. The minimum atomic E-state index is 0.402. The Balaban J connectivity index is 2.11. The highest BCUT2D eigenvalue weighted by molar-refractivity contribution is 6.33. The van der Waals surface area contributed by atoms with Crippen LogP contribution in [0.3, 0.4) is 0 Å². The van der Waals surface area contributed by atoms with Crippen LogP contribution in [0.2, 0.25) is 5.02 Å². The Labute approximate surface area is 121 Å². The molecule has 2 N–H and O–H groups in total. The Kier molecular flexibility index (Phi) is 4.05. The minimum Gasteiger partial charge on any atom is -0.362 e. The van der Waals surface area contributed by atoms with Crippen molar-refractivity contribution in [2.75, 3.05) is 24.3 Å². The Bertz CT molecular complexity index is 656. The third-order valence-corrected chi connectivity index (χ3v) is 2.92. The zero-order valence-electron chi connectivity index (χ0n) is 11.4. The van der Waals surface area contributed by atoms with Crippen molar-refractivity contribution in [3.63, 3.8) is 0 Å². The lowest BCUT2D eigenvalue weighted by Gasteiger charge is -2.07. The van der Waals surface area contributed by atoms with Gasteiger partial charge in [0.15, 0.2) is 0 Å². The molecule has 8 heteroatoms. The van der Waals surface area contributed by atoms with E-state index in [-0.39, 0.29) is 0 Å². The first-order chi connectivity index (χ1) is 9.51. The fourth-order valence-corrected chi connectivity index (χ4v) is 1.77. The van der Waals surface area contributed by atoms with Gasteiger partial charge in [0.2, 0.25) is 5.95 Å². The maximum absolute atomic E-state index is 8.90. The number of hydrogen-bond donors (Lipinski definition) is 2. The molecule has 0 aliphatic rings. The van der Waals surface area contributed by atoms with Crippen LogP contribution in [0.1, 0.15) is 17.1 Å². The fraction of sp³-hybridized carbons (Fsp3) is 0.333. The summed E-state index contributed by atoms with van der Waals surface area (Å²) in [5, 5.41) is 19.2. The molecule has 2 heterocycles. The highest BCUT2D eigenvalue weighted by Gasteiger charge is 2.09. The fourth-order valence-electron chi connectivity index (χ4n) is 1.55. The average molecular weight is 292 g/mol. The second-order valence-electron chi connectivity index (χ2n) is 4.39. The maximum atomic E-state index is 8.90. The second kappa shape index (κ2) is 5.75. The molecule has 0 aliphatic carbocycles. The quantitative estimate of drug-likeness (QED) is 0.891. The van der Waals surface area contributed by atoms with E-state index in [0.29, 0.717) is 40.4 Å². The van der Waals surface area contributed by atoms with Crippen molar-refractivity contribution in [1.82, 2.24) is 20.2 Å². The van der Waals surface area contributed by atoms with Crippen molar-refractivity contribution in [3.8, 4) is 6.07 Å². The van der Waals surface area contributed by atoms with Crippen molar-refractivity contribution in [2.45, 2.75) is 13.5 Å². The molecule has 0 aromatic carbocycles. The highest BCUT2D eigenvalue weighted by Crippen LogP contribution is 2.22. The molecule has 0 radical (unpaired) electrons. The van der Waals surface area contributed by atoms with Crippen LogP contribution in [0.5, 0.6) is 0 Å². The summed E-state index contributed by atoms with van der Waals surface area (Å²) in [6, 6.07) is 3.64. The number of halogens is 1. The van der Waals surface area contributed by atoms with Crippen LogP contribution in [-0.2, 0) is 6.54 Å². The molecule has 0 saturated heterocycles. The number of anilines is 2. The van der Waals surface area contributed by atoms with Crippen LogP contribution >= 0.6 is 11.6 Å². The molecule has 0 bridgehead atoms. The molecule has 0 atom stereocenters. The lowest BCUT2D eigenvalue weighted by Crippen LogP contribution is -2.10. The first-order valence-corrected chi connectivity index (χ1v) is 6.28. The molecule has 7 nitrogen and oxygen atoms in total. The molecule has 0 saturated carbocycles. The molecule has 0 spiro atoms. The zero-order chi connectivity index (χ0) is 14.7. The number of pyridine rings is 1. The maximum Gasteiger partial charge on any atom is 0.244 e. The SMILES string of the molecule is Cc1nc(NCc2nc(N(C)C)n[nH]2)c(Cl)cc1C#N. The summed E-state index contributed by atoms with van der Waals surface area (Å²) in [7, 11) is 3.73. The topological polar surface area (TPSA) is 93.5 Å². The van der Waals surface area contributed by atoms with Gasteiger partial charge in [-0.2, -0.15) is 10.2 Å². The van der Waals surface area contributed by atoms with Crippen molar-refractivity contribution in [2.24, 2.45) is 0 Å². The Hall–Kier alpha value is -2.33. The number of nitrogens with zero attached hydrogens (tertiary/aromatic N) is 5. The molecule has 0 fully saturated rings. The third kappa shape index (κ3) is 2.97. The van der Waals surface area contributed by atoms with Crippen molar-refractivity contribution in [3.05, 3.63) is 28.2 Å². The van der Waals surface area contributed by atoms with Gasteiger partial charge in [0.05, 0.1) is 22.8 Å². The van der Waals surface area contributed by atoms with Gasteiger partial charge in [-0.05, 0) is 13.0 Å². The summed E-state index contributed by atoms with van der Waals surface area (Å²) >= 11 is 6.07.